The van der Waals surface area contributed by atoms with Crippen molar-refractivity contribution in [1.82, 2.24) is 0 Å². The third kappa shape index (κ3) is 7.62. The fourth-order valence-electron chi connectivity index (χ4n) is 3.31. The minimum absolute atomic E-state index is 0.0309. The number of carbonyl (C=O) groups is 2. The van der Waals surface area contributed by atoms with Crippen molar-refractivity contribution in [2.45, 2.75) is 83.5 Å². The summed E-state index contributed by atoms with van der Waals surface area (Å²) in [6.45, 7) is 4.03. The van der Waals surface area contributed by atoms with E-state index in [0.29, 0.717) is 0 Å². The van der Waals surface area contributed by atoms with Crippen molar-refractivity contribution in [1.29, 1.82) is 0 Å². The zero-order valence-electron chi connectivity index (χ0n) is 15.1. The van der Waals surface area contributed by atoms with E-state index in [4.69, 9.17) is 14.9 Å². The number of hydrogen-bond donors (Lipinski definition) is 2. The Hall–Kier alpha value is -1.14. The Labute approximate surface area is 144 Å². The Morgan fingerprint density at radius 2 is 1.42 bits per heavy atom. The molecule has 2 saturated carbocycles. The molecule has 2 aliphatic carbocycles. The van der Waals surface area contributed by atoms with E-state index in [-0.39, 0.29) is 36.1 Å². The van der Waals surface area contributed by atoms with Gasteiger partial charge < -0.3 is 19.7 Å². The molecular formula is C18H32O6. The molecule has 2 rings (SSSR count). The van der Waals surface area contributed by atoms with Crippen LogP contribution in [0.25, 0.3) is 0 Å². The van der Waals surface area contributed by atoms with Crippen molar-refractivity contribution in [3.05, 3.63) is 0 Å². The van der Waals surface area contributed by atoms with E-state index < -0.39 is 5.97 Å². The molecule has 0 aromatic carbocycles. The summed E-state index contributed by atoms with van der Waals surface area (Å²) in [5, 5.41) is 17.9. The fraction of sp³-hybridized carbons (Fsp3) is 0.889. The summed E-state index contributed by atoms with van der Waals surface area (Å²) < 4.78 is 10.2. The molecule has 24 heavy (non-hydrogen) atoms. The quantitative estimate of drug-likeness (QED) is 0.762. The molecule has 6 heteroatoms. The molecule has 140 valence electrons. The maximum absolute atomic E-state index is 11.0. The van der Waals surface area contributed by atoms with Crippen LogP contribution in [0, 0.1) is 11.8 Å². The van der Waals surface area contributed by atoms with E-state index in [2.05, 4.69) is 4.74 Å². The standard InChI is InChI=1S/C10H18O3.C8H14O3/c1-7(2)13-9-5-3-8(4-6-9)10(11)12;1-11-8(10)6-2-4-7(9)5-3-6/h7-9H,3-6H2,1-2H3,(H,11,12);6-7,9H,2-5H2,1H3. The highest BCUT2D eigenvalue weighted by Crippen LogP contribution is 2.27. The number of carbonyl (C=O) groups excluding carboxylic acids is 1. The van der Waals surface area contributed by atoms with Gasteiger partial charge in [-0.2, -0.15) is 0 Å². The Kier molecular flexibility index (Phi) is 9.29. The lowest BCUT2D eigenvalue weighted by Crippen LogP contribution is -2.27. The van der Waals surface area contributed by atoms with Crippen LogP contribution in [0.4, 0.5) is 0 Å². The molecule has 0 aliphatic heterocycles. The van der Waals surface area contributed by atoms with Gasteiger partial charge in [-0.1, -0.05) is 0 Å². The number of aliphatic hydroxyl groups excluding tert-OH is 1. The molecule has 6 nitrogen and oxygen atoms in total. The van der Waals surface area contributed by atoms with Gasteiger partial charge in [0.1, 0.15) is 0 Å². The molecule has 0 aromatic rings. The number of aliphatic hydroxyl groups is 1. The van der Waals surface area contributed by atoms with Crippen LogP contribution in [-0.4, -0.2) is 47.6 Å². The van der Waals surface area contributed by atoms with Gasteiger partial charge in [0.2, 0.25) is 0 Å². The van der Waals surface area contributed by atoms with Gasteiger partial charge in [-0.15, -0.1) is 0 Å². The van der Waals surface area contributed by atoms with Gasteiger partial charge in [-0.25, -0.2) is 0 Å². The average molecular weight is 344 g/mol. The second kappa shape index (κ2) is 10.7. The third-order valence-corrected chi connectivity index (χ3v) is 4.72. The van der Waals surface area contributed by atoms with Crippen LogP contribution in [-0.2, 0) is 19.1 Å². The highest BCUT2D eigenvalue weighted by Gasteiger charge is 2.26. The molecule has 2 N–H and O–H groups in total. The maximum atomic E-state index is 11.0. The molecule has 0 bridgehead atoms. The van der Waals surface area contributed by atoms with Gasteiger partial charge in [0.25, 0.3) is 0 Å². The molecule has 0 unspecified atom stereocenters. The van der Waals surface area contributed by atoms with E-state index in [0.717, 1.165) is 51.4 Å². The monoisotopic (exact) mass is 344 g/mol. The molecule has 2 fully saturated rings. The summed E-state index contributed by atoms with van der Waals surface area (Å²) in [6, 6.07) is 0. The molecule has 0 aromatic heterocycles. The van der Waals surface area contributed by atoms with Gasteiger partial charge in [0.05, 0.1) is 37.3 Å². The summed E-state index contributed by atoms with van der Waals surface area (Å²) in [7, 11) is 1.41. The molecule has 0 spiro atoms. The van der Waals surface area contributed by atoms with Gasteiger partial charge in [-0.05, 0) is 65.2 Å². The number of carboxylic acid groups (broad SMARTS) is 1. The van der Waals surface area contributed by atoms with E-state index in [1.165, 1.54) is 7.11 Å². The van der Waals surface area contributed by atoms with E-state index in [1.54, 1.807) is 0 Å². The molecule has 0 saturated heterocycles. The van der Waals surface area contributed by atoms with Gasteiger partial charge in [0, 0.05) is 0 Å². The predicted molar refractivity (Wildman–Crippen MR) is 89.6 cm³/mol. The highest BCUT2D eigenvalue weighted by atomic mass is 16.5. The summed E-state index contributed by atoms with van der Waals surface area (Å²) >= 11 is 0. The summed E-state index contributed by atoms with van der Waals surface area (Å²) in [4.78, 5) is 21.6. The highest BCUT2D eigenvalue weighted by molar-refractivity contribution is 5.72. The molecular weight excluding hydrogens is 312 g/mol. The van der Waals surface area contributed by atoms with Gasteiger partial charge >= 0.3 is 11.9 Å². The summed E-state index contributed by atoms with van der Waals surface area (Å²) in [5.41, 5.74) is 0. The van der Waals surface area contributed by atoms with Crippen molar-refractivity contribution >= 4 is 11.9 Å². The fourth-order valence-corrected chi connectivity index (χ4v) is 3.31. The molecule has 0 radical (unpaired) electrons. The minimum atomic E-state index is -0.650. The zero-order valence-corrected chi connectivity index (χ0v) is 15.1. The first-order valence-corrected chi connectivity index (χ1v) is 8.97. The minimum Gasteiger partial charge on any atom is -0.481 e. The van der Waals surface area contributed by atoms with Crippen molar-refractivity contribution in [3.8, 4) is 0 Å². The first kappa shape index (κ1) is 20.9. The van der Waals surface area contributed by atoms with Crippen molar-refractivity contribution in [3.63, 3.8) is 0 Å². The number of methoxy groups -OCH3 is 1. The predicted octanol–water partition coefficient (Wildman–Crippen LogP) is 2.77. The first-order valence-electron chi connectivity index (χ1n) is 8.97. The Morgan fingerprint density at radius 3 is 1.83 bits per heavy atom. The summed E-state index contributed by atoms with van der Waals surface area (Å²) in [5.74, 6) is -0.879. The Morgan fingerprint density at radius 1 is 0.917 bits per heavy atom. The van der Waals surface area contributed by atoms with Crippen molar-refractivity contribution in [2.75, 3.05) is 7.11 Å². The molecule has 0 atom stereocenters. The van der Waals surface area contributed by atoms with E-state index >= 15 is 0 Å². The third-order valence-electron chi connectivity index (χ3n) is 4.72. The second-order valence-electron chi connectivity index (χ2n) is 7.03. The lowest BCUT2D eigenvalue weighted by atomic mass is 9.87. The Balaban J connectivity index is 0.000000243. The van der Waals surface area contributed by atoms with Crippen molar-refractivity contribution in [2.24, 2.45) is 11.8 Å². The van der Waals surface area contributed by atoms with Crippen molar-refractivity contribution < 1.29 is 29.3 Å². The molecule has 0 amide bonds. The zero-order chi connectivity index (χ0) is 18.1. The maximum Gasteiger partial charge on any atom is 0.308 e. The number of aliphatic carboxylic acids is 1. The largest absolute Gasteiger partial charge is 0.481 e. The number of rotatable bonds is 4. The van der Waals surface area contributed by atoms with Crippen LogP contribution >= 0.6 is 0 Å². The van der Waals surface area contributed by atoms with E-state index in [1.807, 2.05) is 13.8 Å². The first-order chi connectivity index (χ1) is 11.3. The topological polar surface area (TPSA) is 93.1 Å². The number of ether oxygens (including phenoxy) is 2. The van der Waals surface area contributed by atoms with Crippen LogP contribution in [0.2, 0.25) is 0 Å². The SMILES string of the molecule is CC(C)OC1CCC(C(=O)O)CC1.COC(=O)C1CCC(O)CC1. The number of hydrogen-bond acceptors (Lipinski definition) is 5. The lowest BCUT2D eigenvalue weighted by molar-refractivity contribution is -0.147. The smallest absolute Gasteiger partial charge is 0.308 e. The number of carboxylic acids is 1. The van der Waals surface area contributed by atoms with Gasteiger partial charge in [-0.3, -0.25) is 9.59 Å². The van der Waals surface area contributed by atoms with Crippen LogP contribution in [0.3, 0.4) is 0 Å². The number of esters is 1. The van der Waals surface area contributed by atoms with Crippen LogP contribution in [0.15, 0.2) is 0 Å². The van der Waals surface area contributed by atoms with Crippen LogP contribution in [0.5, 0.6) is 0 Å². The van der Waals surface area contributed by atoms with Crippen LogP contribution in [0.1, 0.15) is 65.2 Å². The lowest BCUT2D eigenvalue weighted by Gasteiger charge is -2.27. The second-order valence-corrected chi connectivity index (χ2v) is 7.03. The van der Waals surface area contributed by atoms with Gasteiger partial charge in [0.15, 0.2) is 0 Å². The molecule has 0 heterocycles. The molecule has 2 aliphatic rings. The van der Waals surface area contributed by atoms with E-state index in [9.17, 15) is 9.59 Å². The average Bonchev–Trinajstić information content (AvgIpc) is 2.55. The van der Waals surface area contributed by atoms with Crippen LogP contribution < -0.4 is 0 Å². The normalized spacial score (nSPS) is 30.2. The Bertz CT molecular complexity index is 379. The summed E-state index contributed by atoms with van der Waals surface area (Å²) in [6.07, 6.45) is 6.70.